The first-order valence-corrected chi connectivity index (χ1v) is 9.20. The molecule has 0 saturated heterocycles. The number of allylic oxidation sites excluding steroid dienone is 3. The third-order valence-electron chi connectivity index (χ3n) is 3.82. The van der Waals surface area contributed by atoms with Crippen molar-refractivity contribution in [1.29, 1.82) is 0 Å². The zero-order valence-corrected chi connectivity index (χ0v) is 15.2. The van der Waals surface area contributed by atoms with Gasteiger partial charge >= 0.3 is 0 Å². The number of aromatic nitrogens is 1. The SMILES string of the molecule is CC1C=CC=CC1(C)S(=O)(=O)O.NCC#CCOCc1ccncc1. The van der Waals surface area contributed by atoms with Crippen molar-refractivity contribution in [2.75, 3.05) is 13.2 Å². The van der Waals surface area contributed by atoms with Gasteiger partial charge in [0, 0.05) is 12.4 Å². The second kappa shape index (κ2) is 10.1. The quantitative estimate of drug-likeness (QED) is 0.481. The van der Waals surface area contributed by atoms with E-state index < -0.39 is 14.9 Å². The van der Waals surface area contributed by atoms with Crippen molar-refractivity contribution in [3.8, 4) is 11.8 Å². The summed E-state index contributed by atoms with van der Waals surface area (Å²) in [6.07, 6.45) is 10.2. The maximum atomic E-state index is 11.0. The van der Waals surface area contributed by atoms with Gasteiger partial charge in [0.25, 0.3) is 10.1 Å². The summed E-state index contributed by atoms with van der Waals surface area (Å²) in [6.45, 7) is 4.65. The van der Waals surface area contributed by atoms with Crippen molar-refractivity contribution in [3.63, 3.8) is 0 Å². The second-order valence-electron chi connectivity index (χ2n) is 5.60. The van der Waals surface area contributed by atoms with Crippen LogP contribution in [0.15, 0.2) is 48.8 Å². The largest absolute Gasteiger partial charge is 0.364 e. The maximum absolute atomic E-state index is 11.0. The summed E-state index contributed by atoms with van der Waals surface area (Å²) in [4.78, 5) is 3.90. The summed E-state index contributed by atoms with van der Waals surface area (Å²) in [6, 6.07) is 3.83. The molecule has 136 valence electrons. The molecule has 1 aromatic rings. The second-order valence-corrected chi connectivity index (χ2v) is 7.43. The van der Waals surface area contributed by atoms with Gasteiger partial charge in [-0.05, 0) is 30.5 Å². The lowest BCUT2D eigenvalue weighted by atomic mass is 9.91. The maximum Gasteiger partial charge on any atom is 0.274 e. The summed E-state index contributed by atoms with van der Waals surface area (Å²) in [5.41, 5.74) is 6.29. The van der Waals surface area contributed by atoms with Gasteiger partial charge in [-0.25, -0.2) is 0 Å². The minimum Gasteiger partial charge on any atom is -0.364 e. The Kier molecular flexibility index (Phi) is 8.52. The topological polar surface area (TPSA) is 103 Å². The molecule has 25 heavy (non-hydrogen) atoms. The van der Waals surface area contributed by atoms with Gasteiger partial charge in [0.15, 0.2) is 0 Å². The van der Waals surface area contributed by atoms with Crippen LogP contribution in [-0.2, 0) is 21.5 Å². The number of nitrogens with two attached hydrogens (primary N) is 1. The number of hydrogen-bond donors (Lipinski definition) is 2. The third kappa shape index (κ3) is 6.80. The number of ether oxygens (including phenoxy) is 1. The van der Waals surface area contributed by atoms with Crippen molar-refractivity contribution in [2.45, 2.75) is 25.2 Å². The van der Waals surface area contributed by atoms with Crippen molar-refractivity contribution in [1.82, 2.24) is 4.98 Å². The molecule has 0 amide bonds. The first-order valence-electron chi connectivity index (χ1n) is 7.76. The molecule has 6 nitrogen and oxygen atoms in total. The lowest BCUT2D eigenvalue weighted by molar-refractivity contribution is 0.153. The Balaban J connectivity index is 0.000000251. The van der Waals surface area contributed by atoms with Crippen LogP contribution in [0, 0.1) is 17.8 Å². The van der Waals surface area contributed by atoms with E-state index in [1.807, 2.05) is 12.1 Å². The fourth-order valence-corrected chi connectivity index (χ4v) is 2.76. The van der Waals surface area contributed by atoms with E-state index in [0.29, 0.717) is 19.8 Å². The summed E-state index contributed by atoms with van der Waals surface area (Å²) in [7, 11) is -4.01. The Labute approximate surface area is 149 Å². The molecule has 0 bridgehead atoms. The van der Waals surface area contributed by atoms with Gasteiger partial charge in [-0.15, -0.1) is 0 Å². The molecule has 0 saturated carbocycles. The highest BCUT2D eigenvalue weighted by molar-refractivity contribution is 7.87. The van der Waals surface area contributed by atoms with Crippen LogP contribution >= 0.6 is 0 Å². The minimum atomic E-state index is -4.01. The Bertz CT molecular complexity index is 748. The molecule has 0 aliphatic heterocycles. The zero-order chi connectivity index (χ0) is 18.8. The summed E-state index contributed by atoms with van der Waals surface area (Å²) < 4.78 is 35.0. The van der Waals surface area contributed by atoms with E-state index in [-0.39, 0.29) is 5.92 Å². The Hall–Kier alpha value is -1.98. The average molecular weight is 364 g/mol. The first kappa shape index (κ1) is 21.1. The molecule has 0 spiro atoms. The fourth-order valence-electron chi connectivity index (χ4n) is 1.96. The predicted molar refractivity (Wildman–Crippen MR) is 98.1 cm³/mol. The van der Waals surface area contributed by atoms with Crippen LogP contribution in [0.3, 0.4) is 0 Å². The molecule has 7 heteroatoms. The highest BCUT2D eigenvalue weighted by atomic mass is 32.2. The van der Waals surface area contributed by atoms with E-state index in [2.05, 4.69) is 16.8 Å². The Morgan fingerprint density at radius 3 is 2.52 bits per heavy atom. The normalized spacial score (nSPS) is 21.7. The molecule has 1 aliphatic carbocycles. The fraction of sp³-hybridized carbons (Fsp3) is 0.389. The molecule has 1 heterocycles. The molecule has 2 atom stereocenters. The van der Waals surface area contributed by atoms with Crippen molar-refractivity contribution in [2.24, 2.45) is 11.7 Å². The molecule has 0 aromatic carbocycles. The molecule has 0 fully saturated rings. The molecule has 1 aliphatic rings. The van der Waals surface area contributed by atoms with E-state index in [9.17, 15) is 8.42 Å². The van der Waals surface area contributed by atoms with Gasteiger partial charge < -0.3 is 10.5 Å². The highest BCUT2D eigenvalue weighted by Gasteiger charge is 2.40. The lowest BCUT2D eigenvalue weighted by Crippen LogP contribution is -2.39. The van der Waals surface area contributed by atoms with E-state index in [1.165, 1.54) is 13.0 Å². The van der Waals surface area contributed by atoms with Gasteiger partial charge in [0.2, 0.25) is 0 Å². The van der Waals surface area contributed by atoms with Crippen LogP contribution < -0.4 is 5.73 Å². The van der Waals surface area contributed by atoms with Crippen molar-refractivity contribution < 1.29 is 17.7 Å². The average Bonchev–Trinajstić information content (AvgIpc) is 2.58. The van der Waals surface area contributed by atoms with E-state index in [1.54, 1.807) is 37.5 Å². The van der Waals surface area contributed by atoms with Crippen LogP contribution in [-0.4, -0.2) is 35.9 Å². The minimum absolute atomic E-state index is 0.197. The van der Waals surface area contributed by atoms with Crippen molar-refractivity contribution in [3.05, 3.63) is 54.4 Å². The molecule has 1 aromatic heterocycles. The van der Waals surface area contributed by atoms with Crippen LogP contribution in [0.25, 0.3) is 0 Å². The summed E-state index contributed by atoms with van der Waals surface area (Å²) in [5, 5.41) is 0. The first-order chi connectivity index (χ1) is 11.8. The smallest absolute Gasteiger partial charge is 0.274 e. The molecular weight excluding hydrogens is 340 g/mol. The van der Waals surface area contributed by atoms with Crippen LogP contribution in [0.4, 0.5) is 0 Å². The standard InChI is InChI=1S/C10H12N2O.C8H12O3S/c11-5-1-2-8-13-9-10-3-6-12-7-4-10;1-7-5-3-4-6-8(7,2)12(9,10)11/h3-4,6-7H,5,8-9,11H2;3-7H,1-2H3,(H,9,10,11). The molecule has 2 rings (SSSR count). The lowest BCUT2D eigenvalue weighted by Gasteiger charge is -2.29. The van der Waals surface area contributed by atoms with Crippen LogP contribution in [0.5, 0.6) is 0 Å². The Morgan fingerprint density at radius 2 is 2.00 bits per heavy atom. The predicted octanol–water partition coefficient (Wildman–Crippen LogP) is 1.96. The number of pyridine rings is 1. The number of rotatable bonds is 4. The monoisotopic (exact) mass is 364 g/mol. The number of hydrogen-bond acceptors (Lipinski definition) is 5. The zero-order valence-electron chi connectivity index (χ0n) is 14.4. The Morgan fingerprint density at radius 1 is 1.32 bits per heavy atom. The van der Waals surface area contributed by atoms with Gasteiger partial charge in [-0.3, -0.25) is 9.54 Å². The molecule has 0 radical (unpaired) electrons. The van der Waals surface area contributed by atoms with Gasteiger partial charge in [-0.1, -0.05) is 43.1 Å². The van der Waals surface area contributed by atoms with E-state index in [0.717, 1.165) is 5.56 Å². The summed E-state index contributed by atoms with van der Waals surface area (Å²) >= 11 is 0. The van der Waals surface area contributed by atoms with E-state index in [4.69, 9.17) is 15.0 Å². The van der Waals surface area contributed by atoms with E-state index >= 15 is 0 Å². The van der Waals surface area contributed by atoms with Crippen molar-refractivity contribution >= 4 is 10.1 Å². The highest BCUT2D eigenvalue weighted by Crippen LogP contribution is 2.30. The van der Waals surface area contributed by atoms with Gasteiger partial charge in [0.1, 0.15) is 11.4 Å². The number of nitrogens with zero attached hydrogens (tertiary/aromatic N) is 1. The van der Waals surface area contributed by atoms with Crippen LogP contribution in [0.2, 0.25) is 0 Å². The summed E-state index contributed by atoms with van der Waals surface area (Å²) in [5.74, 6) is 5.32. The van der Waals surface area contributed by atoms with Crippen LogP contribution in [0.1, 0.15) is 19.4 Å². The third-order valence-corrected chi connectivity index (χ3v) is 5.44. The molecule has 3 N–H and O–H groups in total. The van der Waals surface area contributed by atoms with Gasteiger partial charge in [0.05, 0.1) is 13.2 Å². The molecule has 2 unspecified atom stereocenters. The van der Waals surface area contributed by atoms with Gasteiger partial charge in [-0.2, -0.15) is 8.42 Å². The molecular formula is C18H24N2O4S.